The van der Waals surface area contributed by atoms with E-state index in [2.05, 4.69) is 41.2 Å². The fourth-order valence-corrected chi connectivity index (χ4v) is 3.20. The van der Waals surface area contributed by atoms with Gasteiger partial charge in [0.1, 0.15) is 5.01 Å². The van der Waals surface area contributed by atoms with E-state index in [0.717, 1.165) is 23.2 Å². The summed E-state index contributed by atoms with van der Waals surface area (Å²) in [6.07, 6.45) is 4.01. The van der Waals surface area contributed by atoms with Gasteiger partial charge in [-0.1, -0.05) is 38.5 Å². The lowest BCUT2D eigenvalue weighted by Crippen LogP contribution is -2.43. The number of likely N-dealkylation sites (tertiary alicyclic amines) is 1. The normalized spacial score (nSPS) is 21.4. The van der Waals surface area contributed by atoms with E-state index in [1.54, 1.807) is 11.3 Å². The van der Waals surface area contributed by atoms with Gasteiger partial charge in [0.05, 0.1) is 0 Å². The highest BCUT2D eigenvalue weighted by Crippen LogP contribution is 2.23. The van der Waals surface area contributed by atoms with Crippen LogP contribution in [0.2, 0.25) is 0 Å². The lowest BCUT2D eigenvalue weighted by Gasteiger charge is -2.34. The summed E-state index contributed by atoms with van der Waals surface area (Å²) in [4.78, 5) is 2.57. The van der Waals surface area contributed by atoms with Crippen molar-refractivity contribution in [3.8, 4) is 0 Å². The van der Waals surface area contributed by atoms with Gasteiger partial charge in [-0.25, -0.2) is 0 Å². The van der Waals surface area contributed by atoms with Crippen molar-refractivity contribution in [2.45, 2.75) is 52.0 Å². The van der Waals surface area contributed by atoms with Gasteiger partial charge in [0.15, 0.2) is 0 Å². The molecule has 2 heterocycles. The molecule has 1 unspecified atom stereocenters. The third-order valence-electron chi connectivity index (χ3n) is 3.58. The standard InChI is InChI=1S/C13H24N4S/c1-4-17-8-6-5-7-11(17)9-14-13-16-15-12(18-13)10(2)3/h10-11H,4-9H2,1-3H3,(H,14,16). The van der Waals surface area contributed by atoms with Gasteiger partial charge in [-0.15, -0.1) is 10.2 Å². The average Bonchev–Trinajstić information content (AvgIpc) is 2.85. The van der Waals surface area contributed by atoms with Gasteiger partial charge in [0.25, 0.3) is 0 Å². The molecule has 1 aliphatic heterocycles. The molecule has 0 aromatic carbocycles. The maximum Gasteiger partial charge on any atom is 0.205 e. The minimum atomic E-state index is 0.472. The fourth-order valence-electron chi connectivity index (χ4n) is 2.45. The molecule has 2 rings (SSSR count). The number of aromatic nitrogens is 2. The van der Waals surface area contributed by atoms with E-state index >= 15 is 0 Å². The average molecular weight is 268 g/mol. The van der Waals surface area contributed by atoms with Crippen LogP contribution in [-0.4, -0.2) is 40.8 Å². The zero-order chi connectivity index (χ0) is 13.0. The van der Waals surface area contributed by atoms with Crippen molar-refractivity contribution in [3.63, 3.8) is 0 Å². The summed E-state index contributed by atoms with van der Waals surface area (Å²) in [5.41, 5.74) is 0. The molecule has 1 saturated heterocycles. The van der Waals surface area contributed by atoms with Crippen LogP contribution in [0.15, 0.2) is 0 Å². The Kier molecular flexibility index (Phi) is 4.95. The topological polar surface area (TPSA) is 41.0 Å². The summed E-state index contributed by atoms with van der Waals surface area (Å²) < 4.78 is 0. The van der Waals surface area contributed by atoms with Crippen molar-refractivity contribution in [1.29, 1.82) is 0 Å². The lowest BCUT2D eigenvalue weighted by atomic mass is 10.0. The van der Waals surface area contributed by atoms with Crippen molar-refractivity contribution >= 4 is 16.5 Å². The van der Waals surface area contributed by atoms with Gasteiger partial charge < -0.3 is 5.32 Å². The van der Waals surface area contributed by atoms with E-state index in [4.69, 9.17) is 0 Å². The Balaban J connectivity index is 1.85. The SMILES string of the molecule is CCN1CCCCC1CNc1nnc(C(C)C)s1. The maximum absolute atomic E-state index is 4.21. The van der Waals surface area contributed by atoms with Crippen molar-refractivity contribution in [2.24, 2.45) is 0 Å². The first-order chi connectivity index (χ1) is 8.70. The first kappa shape index (κ1) is 13.7. The molecule has 1 atom stereocenters. The highest BCUT2D eigenvalue weighted by Gasteiger charge is 2.20. The van der Waals surface area contributed by atoms with Crippen molar-refractivity contribution in [2.75, 3.05) is 25.0 Å². The second-order valence-corrected chi connectivity index (χ2v) is 6.27. The van der Waals surface area contributed by atoms with E-state index in [0.29, 0.717) is 12.0 Å². The Morgan fingerprint density at radius 1 is 1.39 bits per heavy atom. The molecule has 0 bridgehead atoms. The van der Waals surface area contributed by atoms with E-state index in [1.807, 2.05) is 0 Å². The van der Waals surface area contributed by atoms with Crippen LogP contribution in [0, 0.1) is 0 Å². The minimum absolute atomic E-state index is 0.472. The summed E-state index contributed by atoms with van der Waals surface area (Å²) in [7, 11) is 0. The molecular formula is C13H24N4S. The Hall–Kier alpha value is -0.680. The van der Waals surface area contributed by atoms with Crippen molar-refractivity contribution < 1.29 is 0 Å². The monoisotopic (exact) mass is 268 g/mol. The van der Waals surface area contributed by atoms with Crippen molar-refractivity contribution in [1.82, 2.24) is 15.1 Å². The molecule has 0 spiro atoms. The highest BCUT2D eigenvalue weighted by atomic mass is 32.1. The first-order valence-corrected chi connectivity index (χ1v) is 7.83. The maximum atomic E-state index is 4.21. The van der Waals surface area contributed by atoms with Crippen LogP contribution in [0.3, 0.4) is 0 Å². The number of rotatable bonds is 5. The molecule has 18 heavy (non-hydrogen) atoms. The largest absolute Gasteiger partial charge is 0.359 e. The molecule has 0 radical (unpaired) electrons. The third-order valence-corrected chi connectivity index (χ3v) is 4.76. The number of hydrogen-bond acceptors (Lipinski definition) is 5. The first-order valence-electron chi connectivity index (χ1n) is 7.02. The van der Waals surface area contributed by atoms with Crippen LogP contribution in [0.5, 0.6) is 0 Å². The van der Waals surface area contributed by atoms with Gasteiger partial charge in [0.2, 0.25) is 5.13 Å². The van der Waals surface area contributed by atoms with Crippen LogP contribution < -0.4 is 5.32 Å². The third kappa shape index (κ3) is 3.42. The van der Waals surface area contributed by atoms with Crippen LogP contribution in [0.4, 0.5) is 5.13 Å². The van der Waals surface area contributed by atoms with E-state index in [-0.39, 0.29) is 0 Å². The molecule has 0 amide bonds. The van der Waals surface area contributed by atoms with Crippen LogP contribution in [-0.2, 0) is 0 Å². The fraction of sp³-hybridized carbons (Fsp3) is 0.846. The van der Waals surface area contributed by atoms with Gasteiger partial charge in [-0.05, 0) is 25.9 Å². The predicted octanol–water partition coefficient (Wildman–Crippen LogP) is 2.95. The number of anilines is 1. The van der Waals surface area contributed by atoms with Crippen LogP contribution in [0.1, 0.15) is 51.0 Å². The molecule has 5 heteroatoms. The second-order valence-electron chi connectivity index (χ2n) is 5.26. The van der Waals surface area contributed by atoms with E-state index in [9.17, 15) is 0 Å². The quantitative estimate of drug-likeness (QED) is 0.891. The zero-order valence-electron chi connectivity index (χ0n) is 11.6. The van der Waals surface area contributed by atoms with Gasteiger partial charge in [-0.3, -0.25) is 4.90 Å². The van der Waals surface area contributed by atoms with Crippen LogP contribution >= 0.6 is 11.3 Å². The summed E-state index contributed by atoms with van der Waals surface area (Å²) in [6.45, 7) is 9.96. The second kappa shape index (κ2) is 6.48. The number of nitrogens with zero attached hydrogens (tertiary/aromatic N) is 3. The number of likely N-dealkylation sites (N-methyl/N-ethyl adjacent to an activating group) is 1. The van der Waals surface area contributed by atoms with Gasteiger partial charge in [0, 0.05) is 18.5 Å². The molecule has 0 aliphatic carbocycles. The van der Waals surface area contributed by atoms with Crippen LogP contribution in [0.25, 0.3) is 0 Å². The molecule has 102 valence electrons. The zero-order valence-corrected chi connectivity index (χ0v) is 12.5. The molecule has 1 aromatic rings. The number of nitrogens with one attached hydrogen (secondary N) is 1. The van der Waals surface area contributed by atoms with Gasteiger partial charge in [-0.2, -0.15) is 0 Å². The molecule has 1 fully saturated rings. The smallest absolute Gasteiger partial charge is 0.205 e. The molecule has 1 N–H and O–H groups in total. The molecule has 1 aromatic heterocycles. The minimum Gasteiger partial charge on any atom is -0.359 e. The summed E-state index contributed by atoms with van der Waals surface area (Å²) in [6, 6.07) is 0.662. The summed E-state index contributed by atoms with van der Waals surface area (Å²) in [5.74, 6) is 0.472. The predicted molar refractivity (Wildman–Crippen MR) is 77.4 cm³/mol. The van der Waals surface area contributed by atoms with Crippen molar-refractivity contribution in [3.05, 3.63) is 5.01 Å². The van der Waals surface area contributed by atoms with Gasteiger partial charge >= 0.3 is 0 Å². The highest BCUT2D eigenvalue weighted by molar-refractivity contribution is 7.15. The number of hydrogen-bond donors (Lipinski definition) is 1. The number of piperidine rings is 1. The Morgan fingerprint density at radius 2 is 2.22 bits per heavy atom. The lowest BCUT2D eigenvalue weighted by molar-refractivity contribution is 0.164. The molecule has 1 aliphatic rings. The Morgan fingerprint density at radius 3 is 2.89 bits per heavy atom. The Labute approximate surface area is 114 Å². The summed E-state index contributed by atoms with van der Waals surface area (Å²) in [5, 5.41) is 14.0. The van der Waals surface area contributed by atoms with E-state index < -0.39 is 0 Å². The van der Waals surface area contributed by atoms with E-state index in [1.165, 1.54) is 25.8 Å². The molecule has 4 nitrogen and oxygen atoms in total. The molecular weight excluding hydrogens is 244 g/mol. The Bertz CT molecular complexity index is 364. The summed E-state index contributed by atoms with van der Waals surface area (Å²) >= 11 is 1.69. The molecule has 0 saturated carbocycles.